The first kappa shape index (κ1) is 13.8. The van der Waals surface area contributed by atoms with Gasteiger partial charge in [0, 0.05) is 25.4 Å². The Kier molecular flexibility index (Phi) is 4.60. The molecule has 0 aliphatic carbocycles. The SMILES string of the molecule is CCN(CC1CCCO1)c1c(Cl)cc(N)cc1Cl. The predicted octanol–water partition coefficient (Wildman–Crippen LogP) is 3.58. The summed E-state index contributed by atoms with van der Waals surface area (Å²) in [4.78, 5) is 2.15. The van der Waals surface area contributed by atoms with Gasteiger partial charge in [-0.3, -0.25) is 0 Å². The summed E-state index contributed by atoms with van der Waals surface area (Å²) in [6, 6.07) is 3.47. The molecule has 0 amide bonds. The van der Waals surface area contributed by atoms with E-state index in [2.05, 4.69) is 11.8 Å². The second-order valence-corrected chi connectivity index (χ2v) is 5.32. The second kappa shape index (κ2) is 6.00. The molecule has 1 aliphatic rings. The molecule has 0 bridgehead atoms. The van der Waals surface area contributed by atoms with Crippen LogP contribution in [0.1, 0.15) is 19.8 Å². The van der Waals surface area contributed by atoms with Crippen molar-refractivity contribution in [3.63, 3.8) is 0 Å². The maximum absolute atomic E-state index is 6.25. The summed E-state index contributed by atoms with van der Waals surface area (Å²) < 4.78 is 5.66. The van der Waals surface area contributed by atoms with Gasteiger partial charge in [0.05, 0.1) is 21.8 Å². The Morgan fingerprint density at radius 3 is 2.56 bits per heavy atom. The average Bonchev–Trinajstić information content (AvgIpc) is 2.79. The maximum atomic E-state index is 6.25. The average molecular weight is 289 g/mol. The largest absolute Gasteiger partial charge is 0.399 e. The van der Waals surface area contributed by atoms with Crippen molar-refractivity contribution in [1.29, 1.82) is 0 Å². The number of hydrogen-bond acceptors (Lipinski definition) is 3. The number of ether oxygens (including phenoxy) is 1. The van der Waals surface area contributed by atoms with Gasteiger partial charge in [-0.15, -0.1) is 0 Å². The highest BCUT2D eigenvalue weighted by atomic mass is 35.5. The Bertz CT molecular complexity index is 396. The van der Waals surface area contributed by atoms with Gasteiger partial charge in [-0.1, -0.05) is 23.2 Å². The zero-order chi connectivity index (χ0) is 13.1. The smallest absolute Gasteiger partial charge is 0.0750 e. The molecule has 1 aromatic carbocycles. The minimum atomic E-state index is 0.273. The molecule has 0 saturated carbocycles. The van der Waals surface area contributed by atoms with E-state index in [4.69, 9.17) is 33.7 Å². The van der Waals surface area contributed by atoms with E-state index in [0.29, 0.717) is 15.7 Å². The van der Waals surface area contributed by atoms with Crippen LogP contribution in [0.15, 0.2) is 12.1 Å². The molecule has 1 saturated heterocycles. The van der Waals surface area contributed by atoms with Crippen LogP contribution in [0.5, 0.6) is 0 Å². The van der Waals surface area contributed by atoms with Crippen molar-refractivity contribution in [2.75, 3.05) is 30.3 Å². The molecular weight excluding hydrogens is 271 g/mol. The van der Waals surface area contributed by atoms with Crippen LogP contribution >= 0.6 is 23.2 Å². The van der Waals surface area contributed by atoms with Crippen LogP contribution in [-0.4, -0.2) is 25.8 Å². The molecule has 0 spiro atoms. The van der Waals surface area contributed by atoms with Crippen molar-refractivity contribution in [2.45, 2.75) is 25.9 Å². The van der Waals surface area contributed by atoms with Crippen molar-refractivity contribution >= 4 is 34.6 Å². The zero-order valence-electron chi connectivity index (χ0n) is 10.5. The molecule has 1 aliphatic heterocycles. The topological polar surface area (TPSA) is 38.5 Å². The fourth-order valence-electron chi connectivity index (χ4n) is 2.30. The number of likely N-dealkylation sites (N-methyl/N-ethyl adjacent to an activating group) is 1. The first-order valence-corrected chi connectivity index (χ1v) is 6.98. The van der Waals surface area contributed by atoms with E-state index in [-0.39, 0.29) is 6.10 Å². The van der Waals surface area contributed by atoms with Gasteiger partial charge < -0.3 is 15.4 Å². The molecule has 18 heavy (non-hydrogen) atoms. The number of halogens is 2. The molecule has 3 nitrogen and oxygen atoms in total. The first-order valence-electron chi connectivity index (χ1n) is 6.23. The van der Waals surface area contributed by atoms with Gasteiger partial charge in [-0.25, -0.2) is 0 Å². The number of hydrogen-bond donors (Lipinski definition) is 1. The third-order valence-electron chi connectivity index (χ3n) is 3.19. The number of nitrogens with two attached hydrogens (primary N) is 1. The van der Waals surface area contributed by atoms with Crippen molar-refractivity contribution in [3.8, 4) is 0 Å². The summed E-state index contributed by atoms with van der Waals surface area (Å²) in [5.74, 6) is 0. The summed E-state index contributed by atoms with van der Waals surface area (Å²) in [6.45, 7) is 4.59. The maximum Gasteiger partial charge on any atom is 0.0750 e. The molecule has 0 aromatic heterocycles. The Balaban J connectivity index is 2.21. The molecular formula is C13H18Cl2N2O. The molecule has 1 aromatic rings. The van der Waals surface area contributed by atoms with E-state index in [9.17, 15) is 0 Å². The lowest BCUT2D eigenvalue weighted by Gasteiger charge is -2.28. The van der Waals surface area contributed by atoms with Gasteiger partial charge in [-0.2, -0.15) is 0 Å². The summed E-state index contributed by atoms with van der Waals surface area (Å²) in [5.41, 5.74) is 7.16. The highest BCUT2D eigenvalue weighted by molar-refractivity contribution is 6.39. The van der Waals surface area contributed by atoms with Crippen LogP contribution in [0.25, 0.3) is 0 Å². The first-order chi connectivity index (χ1) is 8.61. The number of anilines is 2. The fourth-order valence-corrected chi connectivity index (χ4v) is 3.04. The standard InChI is InChI=1S/C13H18Cl2N2O/c1-2-17(8-10-4-3-5-18-10)13-11(14)6-9(16)7-12(13)15/h6-7,10H,2-5,8,16H2,1H3. The number of benzene rings is 1. The van der Waals surface area contributed by atoms with Crippen LogP contribution in [0.2, 0.25) is 10.0 Å². The van der Waals surface area contributed by atoms with Gasteiger partial charge in [-0.05, 0) is 31.9 Å². The minimum Gasteiger partial charge on any atom is -0.399 e. The highest BCUT2D eigenvalue weighted by Crippen LogP contribution is 2.36. The van der Waals surface area contributed by atoms with Gasteiger partial charge in [0.15, 0.2) is 0 Å². The third-order valence-corrected chi connectivity index (χ3v) is 3.76. The van der Waals surface area contributed by atoms with Gasteiger partial charge in [0.25, 0.3) is 0 Å². The molecule has 0 radical (unpaired) electrons. The number of nitrogens with zero attached hydrogens (tertiary/aromatic N) is 1. The summed E-state index contributed by atoms with van der Waals surface area (Å²) in [5, 5.41) is 1.19. The monoisotopic (exact) mass is 288 g/mol. The Labute approximate surface area is 118 Å². The van der Waals surface area contributed by atoms with Crippen LogP contribution in [-0.2, 0) is 4.74 Å². The summed E-state index contributed by atoms with van der Waals surface area (Å²) >= 11 is 12.5. The Hall–Kier alpha value is -0.640. The van der Waals surface area contributed by atoms with E-state index >= 15 is 0 Å². The highest BCUT2D eigenvalue weighted by Gasteiger charge is 2.21. The van der Waals surface area contributed by atoms with E-state index in [1.807, 2.05) is 0 Å². The van der Waals surface area contributed by atoms with E-state index in [1.165, 1.54) is 0 Å². The molecule has 1 fully saturated rings. The van der Waals surface area contributed by atoms with Crippen LogP contribution in [0, 0.1) is 0 Å². The normalized spacial score (nSPS) is 19.2. The lowest BCUT2D eigenvalue weighted by atomic mass is 10.2. The molecule has 100 valence electrons. The molecule has 2 rings (SSSR count). The van der Waals surface area contributed by atoms with E-state index in [0.717, 1.165) is 38.2 Å². The van der Waals surface area contributed by atoms with E-state index < -0.39 is 0 Å². The number of rotatable bonds is 4. The zero-order valence-corrected chi connectivity index (χ0v) is 12.0. The van der Waals surface area contributed by atoms with Gasteiger partial charge in [0.1, 0.15) is 0 Å². The van der Waals surface area contributed by atoms with Crippen molar-refractivity contribution in [1.82, 2.24) is 0 Å². The van der Waals surface area contributed by atoms with Crippen molar-refractivity contribution in [2.24, 2.45) is 0 Å². The molecule has 5 heteroatoms. The molecule has 1 heterocycles. The van der Waals surface area contributed by atoms with Crippen molar-refractivity contribution in [3.05, 3.63) is 22.2 Å². The minimum absolute atomic E-state index is 0.273. The molecule has 2 N–H and O–H groups in total. The predicted molar refractivity (Wildman–Crippen MR) is 77.7 cm³/mol. The molecule has 1 atom stereocenters. The Morgan fingerprint density at radius 1 is 1.39 bits per heavy atom. The quantitative estimate of drug-likeness (QED) is 0.861. The second-order valence-electron chi connectivity index (χ2n) is 4.51. The van der Waals surface area contributed by atoms with Crippen molar-refractivity contribution < 1.29 is 4.74 Å². The number of nitrogen functional groups attached to an aromatic ring is 1. The summed E-state index contributed by atoms with van der Waals surface area (Å²) in [6.07, 6.45) is 2.50. The van der Waals surface area contributed by atoms with Crippen LogP contribution in [0.3, 0.4) is 0 Å². The Morgan fingerprint density at radius 2 is 2.06 bits per heavy atom. The third kappa shape index (κ3) is 3.02. The van der Waals surface area contributed by atoms with Gasteiger partial charge >= 0.3 is 0 Å². The lowest BCUT2D eigenvalue weighted by Crippen LogP contribution is -2.32. The van der Waals surface area contributed by atoms with Crippen LogP contribution in [0.4, 0.5) is 11.4 Å². The fraction of sp³-hybridized carbons (Fsp3) is 0.538. The van der Waals surface area contributed by atoms with Crippen LogP contribution < -0.4 is 10.6 Å². The van der Waals surface area contributed by atoms with E-state index in [1.54, 1.807) is 12.1 Å². The summed E-state index contributed by atoms with van der Waals surface area (Å²) in [7, 11) is 0. The lowest BCUT2D eigenvalue weighted by molar-refractivity contribution is 0.116. The van der Waals surface area contributed by atoms with Gasteiger partial charge in [0.2, 0.25) is 0 Å². The molecule has 1 unspecified atom stereocenters.